The number of carbonyl (C=O) groups is 2. The molecule has 2 nitrogen and oxygen atoms in total. The maximum absolute atomic E-state index is 12.0. The molecule has 0 N–H and O–H groups in total. The van der Waals surface area contributed by atoms with Crippen molar-refractivity contribution in [3.05, 3.63) is 34.9 Å². The van der Waals surface area contributed by atoms with Crippen LogP contribution in [0.3, 0.4) is 0 Å². The third-order valence-electron chi connectivity index (χ3n) is 4.96. The van der Waals surface area contributed by atoms with E-state index in [1.165, 1.54) is 29.6 Å². The van der Waals surface area contributed by atoms with Crippen LogP contribution in [0.2, 0.25) is 0 Å². The predicted octanol–water partition coefficient (Wildman–Crippen LogP) is 7.93. The zero-order valence-corrected chi connectivity index (χ0v) is 19.4. The molecule has 0 aliphatic heterocycles. The van der Waals surface area contributed by atoms with Crippen LogP contribution in [0.15, 0.2) is 34.9 Å². The molecule has 0 spiro atoms. The third kappa shape index (κ3) is 17.9. The summed E-state index contributed by atoms with van der Waals surface area (Å²) in [5.41, 5.74) is 4.08. The quantitative estimate of drug-likeness (QED) is 0.251. The maximum Gasteiger partial charge on any atom is 0.133 e. The molecule has 2 heteroatoms. The highest BCUT2D eigenvalue weighted by molar-refractivity contribution is 5.86. The van der Waals surface area contributed by atoms with E-state index in [1.807, 2.05) is 0 Å². The standard InChI is InChI=1S/C26H44O2/c1-21(2)11-7-13-23(5)15-9-17-25(27)19-20-26(28)18-10-16-24(6)14-8-12-22(3)4/h11,15-16,22H,7-10,12-14,17-20H2,1-6H3. The fourth-order valence-corrected chi connectivity index (χ4v) is 3.07. The Kier molecular flexibility index (Phi) is 15.7. The molecule has 0 aliphatic rings. The van der Waals surface area contributed by atoms with Crippen molar-refractivity contribution in [2.24, 2.45) is 5.92 Å². The van der Waals surface area contributed by atoms with E-state index < -0.39 is 0 Å². The fourth-order valence-electron chi connectivity index (χ4n) is 3.07. The maximum atomic E-state index is 12.0. The minimum absolute atomic E-state index is 0.210. The molecular weight excluding hydrogens is 344 g/mol. The van der Waals surface area contributed by atoms with Crippen molar-refractivity contribution in [3.63, 3.8) is 0 Å². The van der Waals surface area contributed by atoms with E-state index >= 15 is 0 Å². The van der Waals surface area contributed by atoms with Crippen molar-refractivity contribution in [1.29, 1.82) is 0 Å². The molecule has 0 saturated carbocycles. The van der Waals surface area contributed by atoms with Gasteiger partial charge in [0.15, 0.2) is 0 Å². The summed E-state index contributed by atoms with van der Waals surface area (Å²) in [4.78, 5) is 24.0. The lowest BCUT2D eigenvalue weighted by Crippen LogP contribution is -2.03. The Morgan fingerprint density at radius 3 is 1.57 bits per heavy atom. The van der Waals surface area contributed by atoms with Crippen molar-refractivity contribution in [1.82, 2.24) is 0 Å². The number of carbonyl (C=O) groups excluding carboxylic acids is 2. The molecule has 28 heavy (non-hydrogen) atoms. The number of rotatable bonds is 16. The van der Waals surface area contributed by atoms with Crippen LogP contribution in [0.5, 0.6) is 0 Å². The molecule has 0 radical (unpaired) electrons. The number of Topliss-reactive ketones (excluding diaryl/α,β-unsaturated/α-hetero) is 2. The first-order valence-corrected chi connectivity index (χ1v) is 11.2. The third-order valence-corrected chi connectivity index (χ3v) is 4.96. The Morgan fingerprint density at radius 1 is 0.643 bits per heavy atom. The molecule has 0 atom stereocenters. The summed E-state index contributed by atoms with van der Waals surface area (Å²) >= 11 is 0. The first-order chi connectivity index (χ1) is 13.2. The van der Waals surface area contributed by atoms with Gasteiger partial charge in [0.1, 0.15) is 11.6 Å². The lowest BCUT2D eigenvalue weighted by molar-refractivity contribution is -0.124. The van der Waals surface area contributed by atoms with Crippen molar-refractivity contribution >= 4 is 11.6 Å². The molecule has 0 rings (SSSR count). The average Bonchev–Trinajstić information content (AvgIpc) is 2.59. The minimum atomic E-state index is 0.210. The number of ketones is 2. The van der Waals surface area contributed by atoms with E-state index in [-0.39, 0.29) is 11.6 Å². The largest absolute Gasteiger partial charge is 0.300 e. The van der Waals surface area contributed by atoms with Crippen LogP contribution in [-0.4, -0.2) is 11.6 Å². The Hall–Kier alpha value is -1.44. The van der Waals surface area contributed by atoms with Gasteiger partial charge in [-0.25, -0.2) is 0 Å². The van der Waals surface area contributed by atoms with Gasteiger partial charge in [-0.15, -0.1) is 0 Å². The van der Waals surface area contributed by atoms with Gasteiger partial charge < -0.3 is 0 Å². The molecule has 0 aromatic heterocycles. The molecule has 160 valence electrons. The van der Waals surface area contributed by atoms with Crippen LogP contribution < -0.4 is 0 Å². The molecule has 0 heterocycles. The van der Waals surface area contributed by atoms with Gasteiger partial charge >= 0.3 is 0 Å². The van der Waals surface area contributed by atoms with Gasteiger partial charge in [0.25, 0.3) is 0 Å². The van der Waals surface area contributed by atoms with Crippen LogP contribution in [0.1, 0.15) is 112 Å². The van der Waals surface area contributed by atoms with Gasteiger partial charge in [0.05, 0.1) is 0 Å². The minimum Gasteiger partial charge on any atom is -0.300 e. The summed E-state index contributed by atoms with van der Waals surface area (Å²) in [5, 5.41) is 0. The van der Waals surface area contributed by atoms with Gasteiger partial charge in [-0.3, -0.25) is 9.59 Å². The molecule has 0 aliphatic carbocycles. The summed E-state index contributed by atoms with van der Waals surface area (Å²) in [6.07, 6.45) is 15.9. The van der Waals surface area contributed by atoms with Gasteiger partial charge in [-0.2, -0.15) is 0 Å². The summed E-state index contributed by atoms with van der Waals surface area (Å²) in [5.74, 6) is 1.18. The van der Waals surface area contributed by atoms with E-state index in [4.69, 9.17) is 0 Å². The van der Waals surface area contributed by atoms with Gasteiger partial charge in [0.2, 0.25) is 0 Å². The predicted molar refractivity (Wildman–Crippen MR) is 123 cm³/mol. The SMILES string of the molecule is CC(C)=CCCC(C)=CCCC(=O)CCC(=O)CCC=C(C)CCCC(C)C. The van der Waals surface area contributed by atoms with E-state index in [9.17, 15) is 9.59 Å². The second-order valence-corrected chi connectivity index (χ2v) is 8.86. The molecule has 0 fully saturated rings. The normalized spacial score (nSPS) is 12.4. The average molecular weight is 389 g/mol. The van der Waals surface area contributed by atoms with E-state index in [0.29, 0.717) is 25.7 Å². The highest BCUT2D eigenvalue weighted by Crippen LogP contribution is 2.13. The lowest BCUT2D eigenvalue weighted by Gasteiger charge is -2.05. The topological polar surface area (TPSA) is 34.1 Å². The van der Waals surface area contributed by atoms with Crippen LogP contribution in [0.25, 0.3) is 0 Å². The fraction of sp³-hybridized carbons (Fsp3) is 0.692. The zero-order chi connectivity index (χ0) is 21.4. The van der Waals surface area contributed by atoms with Crippen molar-refractivity contribution in [2.45, 2.75) is 112 Å². The first-order valence-electron chi connectivity index (χ1n) is 11.2. The highest BCUT2D eigenvalue weighted by Gasteiger charge is 2.06. The number of hydrogen-bond acceptors (Lipinski definition) is 2. The van der Waals surface area contributed by atoms with Crippen LogP contribution in [0, 0.1) is 5.92 Å². The molecule has 0 aromatic carbocycles. The molecule has 0 amide bonds. The monoisotopic (exact) mass is 388 g/mol. The van der Waals surface area contributed by atoms with Crippen LogP contribution in [-0.2, 0) is 9.59 Å². The Balaban J connectivity index is 3.88. The molecule has 0 saturated heterocycles. The number of hydrogen-bond donors (Lipinski definition) is 0. The smallest absolute Gasteiger partial charge is 0.133 e. The molecular formula is C26H44O2. The van der Waals surface area contributed by atoms with Gasteiger partial charge in [-0.05, 0) is 72.1 Å². The van der Waals surface area contributed by atoms with E-state index in [1.54, 1.807) is 0 Å². The van der Waals surface area contributed by atoms with Crippen LogP contribution >= 0.6 is 0 Å². The van der Waals surface area contributed by atoms with Gasteiger partial charge in [0, 0.05) is 25.7 Å². The van der Waals surface area contributed by atoms with Gasteiger partial charge in [-0.1, -0.05) is 55.2 Å². The zero-order valence-electron chi connectivity index (χ0n) is 19.4. The van der Waals surface area contributed by atoms with Crippen molar-refractivity contribution in [3.8, 4) is 0 Å². The molecule has 0 aromatic rings. The Bertz CT molecular complexity index is 543. The van der Waals surface area contributed by atoms with Crippen molar-refractivity contribution in [2.75, 3.05) is 0 Å². The summed E-state index contributed by atoms with van der Waals surface area (Å²) in [6.45, 7) is 13.0. The first kappa shape index (κ1) is 26.6. The second-order valence-electron chi connectivity index (χ2n) is 8.86. The molecule has 0 bridgehead atoms. The van der Waals surface area contributed by atoms with Crippen molar-refractivity contribution < 1.29 is 9.59 Å². The summed E-state index contributed by atoms with van der Waals surface area (Å²) in [7, 11) is 0. The Labute approximate surface area is 174 Å². The molecule has 0 unspecified atom stereocenters. The Morgan fingerprint density at radius 2 is 1.11 bits per heavy atom. The summed E-state index contributed by atoms with van der Waals surface area (Å²) in [6, 6.07) is 0. The van der Waals surface area contributed by atoms with Crippen LogP contribution in [0.4, 0.5) is 0 Å². The highest BCUT2D eigenvalue weighted by atomic mass is 16.1. The summed E-state index contributed by atoms with van der Waals surface area (Å²) < 4.78 is 0. The second kappa shape index (κ2) is 16.5. The number of allylic oxidation sites excluding steroid dienone is 6. The van der Waals surface area contributed by atoms with E-state index in [0.717, 1.165) is 38.0 Å². The van der Waals surface area contributed by atoms with E-state index in [2.05, 4.69) is 59.8 Å². The lowest BCUT2D eigenvalue weighted by atomic mass is 10.0.